The Morgan fingerprint density at radius 3 is 1.81 bits per heavy atom. The van der Waals surface area contributed by atoms with Crippen molar-refractivity contribution in [3.05, 3.63) is 107 Å². The third kappa shape index (κ3) is 18.2. The van der Waals surface area contributed by atoms with Crippen LogP contribution in [-0.2, 0) is 39.8 Å². The number of ether oxygens (including phenoxy) is 5. The van der Waals surface area contributed by atoms with Crippen LogP contribution in [0.5, 0.6) is 11.5 Å². The van der Waals surface area contributed by atoms with E-state index < -0.39 is 88.9 Å². The lowest BCUT2D eigenvalue weighted by atomic mass is 9.93. The summed E-state index contributed by atoms with van der Waals surface area (Å²) >= 11 is 6.11. The van der Waals surface area contributed by atoms with Gasteiger partial charge in [-0.15, -0.1) is 0 Å². The number of hydrogen-bond donors (Lipinski definition) is 6. The first-order valence-electron chi connectivity index (χ1n) is 25.1. The Hall–Kier alpha value is -7.71. The Kier molecular flexibility index (Phi) is 20.2. The number of carbonyl (C=O) groups excluding carboxylic acids is 8. The number of carbonyl (C=O) groups is 8. The molecule has 0 unspecified atom stereocenters. The number of rotatable bonds is 14. The lowest BCUT2D eigenvalue weighted by Crippen LogP contribution is -2.56. The molecule has 1 aliphatic rings. The van der Waals surface area contributed by atoms with Crippen molar-refractivity contribution in [3.63, 3.8) is 0 Å². The van der Waals surface area contributed by atoms with Crippen LogP contribution in [0.15, 0.2) is 84.9 Å². The summed E-state index contributed by atoms with van der Waals surface area (Å²) in [5.74, 6) is -3.84. The van der Waals surface area contributed by atoms with Crippen LogP contribution in [0, 0.1) is 0 Å². The van der Waals surface area contributed by atoms with Gasteiger partial charge < -0.3 is 49.9 Å². The van der Waals surface area contributed by atoms with Crippen molar-refractivity contribution in [2.24, 2.45) is 0 Å². The molecule has 6 N–H and O–H groups in total. The zero-order chi connectivity index (χ0) is 57.0. The number of nitrogens with one attached hydrogen (secondary N) is 6. The molecule has 4 aromatic carbocycles. The average Bonchev–Trinajstić information content (AvgIpc) is 3.32. The number of amides is 6. The maximum absolute atomic E-state index is 15.2. The first-order valence-corrected chi connectivity index (χ1v) is 25.4. The molecular formula is C56H70ClN7O13. The topological polar surface area (TPSA) is 258 Å². The van der Waals surface area contributed by atoms with Gasteiger partial charge >= 0.3 is 18.4 Å². The summed E-state index contributed by atoms with van der Waals surface area (Å²) in [7, 11) is 2.81. The number of halogens is 1. The van der Waals surface area contributed by atoms with Gasteiger partial charge in [0.2, 0.25) is 17.7 Å². The molecule has 0 saturated heterocycles. The second-order valence-electron chi connectivity index (χ2n) is 21.3. The Morgan fingerprint density at radius 2 is 1.25 bits per heavy atom. The number of hydrazine groups is 1. The minimum Gasteiger partial charge on any atom is -0.444 e. The molecular weight excluding hydrogens is 1010 g/mol. The average molecular weight is 1080 g/mol. The van der Waals surface area contributed by atoms with Crippen molar-refractivity contribution in [2.75, 3.05) is 20.6 Å². The van der Waals surface area contributed by atoms with Crippen molar-refractivity contribution in [2.45, 2.75) is 136 Å². The fraction of sp³-hybridized carbons (Fsp3) is 0.429. The fourth-order valence-corrected chi connectivity index (χ4v) is 8.04. The first kappa shape index (κ1) is 60.2. The standard InChI is InChI=1S/C56H70ClN7O13/c1-32-46(65)62-42(48(67)63-58-11)30-33-16-26-43(73-52(71)76-55(5,6)7)39(29-33)40-31-37(23-27-44(40)74-53(72)77-56(8,9)10)45(49(68)60-32)64(12)50(69)41(15-13-14-28-59-51(70)75-54(2,3)4)61-47(66)36-19-17-34(18-20-36)35-21-24-38(57)25-22-35/h16-27,29,31-32,41-42,45,58H,13-15,28,30H2,1-12H3,(H,59,70)(H,60,68)(H,61,66)(H,62,65)(H,63,67)/t32-,41-,42-,45-/m0/s1. The molecule has 4 atom stereocenters. The molecule has 0 spiro atoms. The third-order valence-electron chi connectivity index (χ3n) is 11.4. The fourth-order valence-electron chi connectivity index (χ4n) is 7.91. The van der Waals surface area contributed by atoms with Crippen LogP contribution in [0.2, 0.25) is 5.02 Å². The molecule has 20 nitrogen and oxygen atoms in total. The molecule has 4 aromatic rings. The monoisotopic (exact) mass is 1080 g/mol. The van der Waals surface area contributed by atoms with Gasteiger partial charge in [0.25, 0.3) is 11.8 Å². The summed E-state index contributed by atoms with van der Waals surface area (Å²) in [5, 5.41) is 11.5. The first-order chi connectivity index (χ1) is 36.0. The highest BCUT2D eigenvalue weighted by molar-refractivity contribution is 6.30. The molecule has 4 bridgehead atoms. The van der Waals surface area contributed by atoms with E-state index in [1.165, 1.54) is 45.3 Å². The largest absolute Gasteiger partial charge is 0.514 e. The maximum atomic E-state index is 15.2. The van der Waals surface area contributed by atoms with Crippen LogP contribution in [0.25, 0.3) is 22.3 Å². The van der Waals surface area contributed by atoms with E-state index in [1.807, 2.05) is 12.1 Å². The number of fused-ring (bicyclic) bond motifs is 5. The Balaban J connectivity index is 1.65. The van der Waals surface area contributed by atoms with E-state index in [4.69, 9.17) is 35.3 Å². The van der Waals surface area contributed by atoms with Gasteiger partial charge in [0.05, 0.1) is 0 Å². The van der Waals surface area contributed by atoms with Crippen LogP contribution in [-0.4, -0.2) is 108 Å². The molecule has 0 aliphatic carbocycles. The second-order valence-corrected chi connectivity index (χ2v) is 21.8. The summed E-state index contributed by atoms with van der Waals surface area (Å²) in [6.45, 7) is 16.7. The number of unbranched alkanes of at least 4 members (excludes halogenated alkanes) is 1. The molecule has 5 rings (SSSR count). The highest BCUT2D eigenvalue weighted by Crippen LogP contribution is 2.41. The summed E-state index contributed by atoms with van der Waals surface area (Å²) in [6, 6.07) is 17.3. The lowest BCUT2D eigenvalue weighted by molar-refractivity contribution is -0.141. The number of hydrogen-bond acceptors (Lipinski definition) is 14. The molecule has 77 heavy (non-hydrogen) atoms. The van der Waals surface area contributed by atoms with Gasteiger partial charge in [-0.3, -0.25) is 29.4 Å². The van der Waals surface area contributed by atoms with E-state index in [1.54, 1.807) is 111 Å². The zero-order valence-electron chi connectivity index (χ0n) is 45.6. The van der Waals surface area contributed by atoms with Crippen molar-refractivity contribution in [1.29, 1.82) is 0 Å². The Morgan fingerprint density at radius 1 is 0.701 bits per heavy atom. The lowest BCUT2D eigenvalue weighted by Gasteiger charge is -2.32. The van der Waals surface area contributed by atoms with Gasteiger partial charge in [0.15, 0.2) is 0 Å². The maximum Gasteiger partial charge on any atom is 0.514 e. The van der Waals surface area contributed by atoms with Crippen LogP contribution in [0.4, 0.5) is 14.4 Å². The number of likely N-dealkylation sites (N-methyl/N-ethyl adjacent to an activating group) is 1. The molecule has 0 saturated carbocycles. The van der Waals surface area contributed by atoms with E-state index in [2.05, 4.69) is 32.1 Å². The minimum atomic E-state index is -1.59. The molecule has 21 heteroatoms. The summed E-state index contributed by atoms with van der Waals surface area (Å²) in [4.78, 5) is 112. The number of nitrogens with zero attached hydrogens (tertiary/aromatic N) is 1. The molecule has 1 heterocycles. The van der Waals surface area contributed by atoms with Crippen LogP contribution < -0.4 is 41.6 Å². The Bertz CT molecular complexity index is 2800. The third-order valence-corrected chi connectivity index (χ3v) is 11.6. The highest BCUT2D eigenvalue weighted by atomic mass is 35.5. The van der Waals surface area contributed by atoms with Gasteiger partial charge in [0.1, 0.15) is 52.5 Å². The SMILES string of the molecule is CNNC(=O)[C@@H]1Cc2ccc(OC(=O)OC(C)(C)C)c(c2)-c2cc(ccc2OC(=O)OC(C)(C)C)[C@H](N(C)C(=O)[C@H](CCCCNC(=O)OC(C)(C)C)NC(=O)c2ccc(-c3ccc(Cl)cc3)cc2)C(=O)N[C@@H](C)C(=O)N1. The summed E-state index contributed by atoms with van der Waals surface area (Å²) in [6.07, 6.45) is -2.26. The van der Waals surface area contributed by atoms with Gasteiger partial charge in [-0.1, -0.05) is 48.0 Å². The summed E-state index contributed by atoms with van der Waals surface area (Å²) in [5.41, 5.74) is 4.92. The predicted octanol–water partition coefficient (Wildman–Crippen LogP) is 8.09. The quantitative estimate of drug-likeness (QED) is 0.0229. The van der Waals surface area contributed by atoms with Gasteiger partial charge in [0, 0.05) is 48.8 Å². The van der Waals surface area contributed by atoms with E-state index in [-0.39, 0.29) is 53.1 Å². The molecule has 0 fully saturated rings. The second kappa shape index (κ2) is 25.9. The van der Waals surface area contributed by atoms with E-state index in [9.17, 15) is 33.6 Å². The van der Waals surface area contributed by atoms with Crippen molar-refractivity contribution < 1.29 is 62.0 Å². The molecule has 1 aliphatic heterocycles. The highest BCUT2D eigenvalue weighted by Gasteiger charge is 2.37. The molecule has 0 radical (unpaired) electrons. The number of benzene rings is 4. The smallest absolute Gasteiger partial charge is 0.444 e. The van der Waals surface area contributed by atoms with Crippen molar-refractivity contribution >= 4 is 59.5 Å². The zero-order valence-corrected chi connectivity index (χ0v) is 46.3. The van der Waals surface area contributed by atoms with Crippen molar-refractivity contribution in [1.82, 2.24) is 37.0 Å². The Labute approximate surface area is 453 Å². The van der Waals surface area contributed by atoms with Gasteiger partial charge in [-0.25, -0.2) is 19.8 Å². The van der Waals surface area contributed by atoms with Crippen LogP contribution in [0.3, 0.4) is 0 Å². The van der Waals surface area contributed by atoms with E-state index >= 15 is 4.79 Å². The normalized spacial score (nSPS) is 16.2. The molecule has 6 amide bonds. The van der Waals surface area contributed by atoms with Crippen molar-refractivity contribution in [3.8, 4) is 33.8 Å². The predicted molar refractivity (Wildman–Crippen MR) is 288 cm³/mol. The molecule has 0 aromatic heterocycles. The van der Waals surface area contributed by atoms with Gasteiger partial charge in [-0.2, -0.15) is 0 Å². The number of alkyl carbamates (subject to hydrolysis) is 1. The summed E-state index contributed by atoms with van der Waals surface area (Å²) < 4.78 is 28.0. The van der Waals surface area contributed by atoms with E-state index in [0.717, 1.165) is 16.0 Å². The van der Waals surface area contributed by atoms with E-state index in [0.29, 0.717) is 23.4 Å². The van der Waals surface area contributed by atoms with Crippen LogP contribution >= 0.6 is 11.6 Å². The van der Waals surface area contributed by atoms with Crippen LogP contribution in [0.1, 0.15) is 116 Å². The van der Waals surface area contributed by atoms with Gasteiger partial charge in [-0.05, 0) is 159 Å². The minimum absolute atomic E-state index is 0.0308. The molecule has 414 valence electrons.